The fraction of sp³-hybridized carbons (Fsp3) is 0.579. The van der Waals surface area contributed by atoms with Gasteiger partial charge in [-0.25, -0.2) is 0 Å². The number of thiocarbonyl (C=S) groups is 1. The minimum absolute atomic E-state index is 0.196. The number of nitrogens with two attached hydrogens (primary N) is 1. The molecule has 1 aromatic carbocycles. The van der Waals surface area contributed by atoms with Gasteiger partial charge >= 0.3 is 0 Å². The SMILES string of the molecule is CCCCCCCCOc1ccc(CC/C(C)=N/NC(N)=S)cc1. The van der Waals surface area contributed by atoms with E-state index in [1.54, 1.807) is 0 Å². The Balaban J connectivity index is 2.21. The minimum Gasteiger partial charge on any atom is -0.494 e. The van der Waals surface area contributed by atoms with Crippen molar-refractivity contribution in [2.24, 2.45) is 10.8 Å². The Morgan fingerprint density at radius 1 is 1.12 bits per heavy atom. The third kappa shape index (κ3) is 10.2. The Morgan fingerprint density at radius 3 is 2.46 bits per heavy atom. The van der Waals surface area contributed by atoms with Crippen molar-refractivity contribution in [2.75, 3.05) is 6.61 Å². The van der Waals surface area contributed by atoms with Crippen LogP contribution >= 0.6 is 12.2 Å². The highest BCUT2D eigenvalue weighted by Gasteiger charge is 1.99. The van der Waals surface area contributed by atoms with Crippen LogP contribution in [0.3, 0.4) is 0 Å². The number of ether oxygens (including phenoxy) is 1. The van der Waals surface area contributed by atoms with E-state index in [0.717, 1.165) is 37.3 Å². The number of nitrogens with zero attached hydrogens (tertiary/aromatic N) is 1. The molecule has 0 aliphatic rings. The molecule has 0 atom stereocenters. The molecule has 4 nitrogen and oxygen atoms in total. The molecule has 24 heavy (non-hydrogen) atoms. The van der Waals surface area contributed by atoms with Crippen LogP contribution in [-0.4, -0.2) is 17.4 Å². The zero-order valence-corrected chi connectivity index (χ0v) is 15.8. The number of nitrogens with one attached hydrogen (secondary N) is 1. The summed E-state index contributed by atoms with van der Waals surface area (Å²) in [6.07, 6.45) is 9.52. The van der Waals surface area contributed by atoms with E-state index in [-0.39, 0.29) is 5.11 Å². The van der Waals surface area contributed by atoms with Crippen molar-refractivity contribution in [1.82, 2.24) is 5.43 Å². The highest BCUT2D eigenvalue weighted by atomic mass is 32.1. The predicted molar refractivity (Wildman–Crippen MR) is 107 cm³/mol. The molecule has 0 amide bonds. The van der Waals surface area contributed by atoms with E-state index < -0.39 is 0 Å². The van der Waals surface area contributed by atoms with Gasteiger partial charge in [0.25, 0.3) is 0 Å². The maximum atomic E-state index is 5.80. The first kappa shape index (κ1) is 20.4. The van der Waals surface area contributed by atoms with Gasteiger partial charge in [-0.1, -0.05) is 51.2 Å². The number of hydrazone groups is 1. The summed E-state index contributed by atoms with van der Waals surface area (Å²) in [6.45, 7) is 5.01. The number of hydrogen-bond donors (Lipinski definition) is 2. The molecule has 5 heteroatoms. The predicted octanol–water partition coefficient (Wildman–Crippen LogP) is 4.57. The molecule has 0 aromatic heterocycles. The second-order valence-electron chi connectivity index (χ2n) is 6.08. The first-order valence-electron chi connectivity index (χ1n) is 8.92. The molecular formula is C19H31N3OS. The fourth-order valence-electron chi connectivity index (χ4n) is 2.36. The first-order valence-corrected chi connectivity index (χ1v) is 9.33. The second kappa shape index (κ2) is 12.8. The van der Waals surface area contributed by atoms with Crippen molar-refractivity contribution in [1.29, 1.82) is 0 Å². The summed E-state index contributed by atoms with van der Waals surface area (Å²) < 4.78 is 5.80. The van der Waals surface area contributed by atoms with Crippen LogP contribution in [0.2, 0.25) is 0 Å². The highest BCUT2D eigenvalue weighted by molar-refractivity contribution is 7.80. The summed E-state index contributed by atoms with van der Waals surface area (Å²) in [5.41, 5.74) is 10.2. The Bertz CT molecular complexity index is 500. The zero-order valence-electron chi connectivity index (χ0n) is 15.0. The van der Waals surface area contributed by atoms with Gasteiger partial charge in [0.15, 0.2) is 5.11 Å². The Hall–Kier alpha value is -1.62. The van der Waals surface area contributed by atoms with Crippen LogP contribution < -0.4 is 15.9 Å². The van der Waals surface area contributed by atoms with Gasteiger partial charge in [0, 0.05) is 5.71 Å². The molecule has 0 spiro atoms. The lowest BCUT2D eigenvalue weighted by Gasteiger charge is -2.07. The fourth-order valence-corrected chi connectivity index (χ4v) is 2.40. The van der Waals surface area contributed by atoms with Gasteiger partial charge in [-0.15, -0.1) is 0 Å². The molecule has 0 unspecified atom stereocenters. The zero-order chi connectivity index (χ0) is 17.6. The smallest absolute Gasteiger partial charge is 0.184 e. The molecule has 0 aliphatic heterocycles. The Labute approximate surface area is 151 Å². The van der Waals surface area contributed by atoms with E-state index in [1.165, 1.54) is 37.7 Å². The van der Waals surface area contributed by atoms with Crippen LogP contribution in [-0.2, 0) is 6.42 Å². The normalized spacial score (nSPS) is 11.3. The van der Waals surface area contributed by atoms with Crippen LogP contribution in [0.25, 0.3) is 0 Å². The van der Waals surface area contributed by atoms with Gasteiger partial charge in [-0.2, -0.15) is 5.10 Å². The van der Waals surface area contributed by atoms with Gasteiger partial charge < -0.3 is 10.5 Å². The summed E-state index contributed by atoms with van der Waals surface area (Å²) in [4.78, 5) is 0. The van der Waals surface area contributed by atoms with E-state index in [0.29, 0.717) is 0 Å². The monoisotopic (exact) mass is 349 g/mol. The molecule has 1 aromatic rings. The standard InChI is InChI=1S/C19H31N3OS/c1-3-4-5-6-7-8-15-23-18-13-11-17(12-14-18)10-9-16(2)21-22-19(20)24/h11-14H,3-10,15H2,1-2H3,(H3,20,22,24)/b21-16+. The van der Waals surface area contributed by atoms with Gasteiger partial charge in [0.1, 0.15) is 5.75 Å². The number of benzene rings is 1. The molecule has 3 N–H and O–H groups in total. The number of hydrogen-bond acceptors (Lipinski definition) is 3. The van der Waals surface area contributed by atoms with Crippen molar-refractivity contribution < 1.29 is 4.74 Å². The lowest BCUT2D eigenvalue weighted by Crippen LogP contribution is -2.25. The summed E-state index contributed by atoms with van der Waals surface area (Å²) >= 11 is 4.72. The van der Waals surface area contributed by atoms with E-state index >= 15 is 0 Å². The third-order valence-corrected chi connectivity index (χ3v) is 3.91. The van der Waals surface area contributed by atoms with E-state index in [4.69, 9.17) is 22.7 Å². The quantitative estimate of drug-likeness (QED) is 0.251. The van der Waals surface area contributed by atoms with Crippen LogP contribution in [0.5, 0.6) is 5.75 Å². The largest absolute Gasteiger partial charge is 0.494 e. The maximum Gasteiger partial charge on any atom is 0.184 e. The average Bonchev–Trinajstić information content (AvgIpc) is 2.58. The van der Waals surface area contributed by atoms with Gasteiger partial charge in [-0.05, 0) is 56.1 Å². The molecule has 0 aliphatic carbocycles. The molecule has 0 heterocycles. The highest BCUT2D eigenvalue weighted by Crippen LogP contribution is 2.14. The second-order valence-corrected chi connectivity index (χ2v) is 6.52. The van der Waals surface area contributed by atoms with E-state index in [9.17, 15) is 0 Å². The topological polar surface area (TPSA) is 59.6 Å². The molecule has 0 bridgehead atoms. The van der Waals surface area contributed by atoms with Crippen molar-refractivity contribution in [3.63, 3.8) is 0 Å². The number of aryl methyl sites for hydroxylation is 1. The summed E-state index contributed by atoms with van der Waals surface area (Å²) in [5.74, 6) is 0.952. The summed E-state index contributed by atoms with van der Waals surface area (Å²) in [7, 11) is 0. The summed E-state index contributed by atoms with van der Waals surface area (Å²) in [6, 6.07) is 8.33. The lowest BCUT2D eigenvalue weighted by molar-refractivity contribution is 0.304. The Kier molecular flexibility index (Phi) is 10.9. The summed E-state index contributed by atoms with van der Waals surface area (Å²) in [5, 5.41) is 4.30. The van der Waals surface area contributed by atoms with E-state index in [2.05, 4.69) is 29.6 Å². The average molecular weight is 350 g/mol. The van der Waals surface area contributed by atoms with Crippen LogP contribution in [0.4, 0.5) is 0 Å². The Morgan fingerprint density at radius 2 is 1.79 bits per heavy atom. The minimum atomic E-state index is 0.196. The lowest BCUT2D eigenvalue weighted by atomic mass is 10.1. The maximum absolute atomic E-state index is 5.80. The number of unbranched alkanes of at least 4 members (excludes halogenated alkanes) is 5. The van der Waals surface area contributed by atoms with Crippen LogP contribution in [0.1, 0.15) is 64.4 Å². The molecular weight excluding hydrogens is 318 g/mol. The van der Waals surface area contributed by atoms with Crippen molar-refractivity contribution in [3.05, 3.63) is 29.8 Å². The molecule has 0 saturated carbocycles. The van der Waals surface area contributed by atoms with Crippen molar-refractivity contribution in [2.45, 2.75) is 65.2 Å². The third-order valence-electron chi connectivity index (χ3n) is 3.82. The van der Waals surface area contributed by atoms with Crippen molar-refractivity contribution in [3.8, 4) is 5.75 Å². The first-order chi connectivity index (χ1) is 11.6. The van der Waals surface area contributed by atoms with Gasteiger partial charge in [0.05, 0.1) is 6.61 Å². The molecule has 134 valence electrons. The van der Waals surface area contributed by atoms with Crippen molar-refractivity contribution >= 4 is 23.0 Å². The van der Waals surface area contributed by atoms with Gasteiger partial charge in [-0.3, -0.25) is 5.43 Å². The van der Waals surface area contributed by atoms with Crippen LogP contribution in [0.15, 0.2) is 29.4 Å². The molecule has 0 fully saturated rings. The molecule has 1 rings (SSSR count). The molecule has 0 radical (unpaired) electrons. The molecule has 0 saturated heterocycles. The van der Waals surface area contributed by atoms with Gasteiger partial charge in [0.2, 0.25) is 0 Å². The number of rotatable bonds is 12. The van der Waals surface area contributed by atoms with Crippen LogP contribution in [0, 0.1) is 0 Å². The van der Waals surface area contributed by atoms with E-state index in [1.807, 2.05) is 19.1 Å².